The fraction of sp³-hybridized carbons (Fsp3) is 0.0714. The Morgan fingerprint density at radius 2 is 1.82 bits per heavy atom. The summed E-state index contributed by atoms with van der Waals surface area (Å²) in [5.41, 5.74) is 1.80. The van der Waals surface area contributed by atoms with Gasteiger partial charge >= 0.3 is 0 Å². The molecule has 2 rings (SSSR count). The van der Waals surface area contributed by atoms with E-state index in [-0.39, 0.29) is 0 Å². The predicted octanol–water partition coefficient (Wildman–Crippen LogP) is 4.45. The standard InChI is InChI=1S/C14H10ClNS/c15-9-11-4-6-13(7-5-11)17-14-3-1-2-12(8-14)10-16/h1-8H,9H2. The lowest BCUT2D eigenvalue weighted by Gasteiger charge is -2.02. The van der Waals surface area contributed by atoms with Crippen LogP contribution in [0, 0.1) is 11.3 Å². The number of benzene rings is 2. The Morgan fingerprint density at radius 1 is 1.06 bits per heavy atom. The molecular formula is C14H10ClNS. The zero-order chi connectivity index (χ0) is 12.1. The molecule has 0 unspecified atom stereocenters. The Balaban J connectivity index is 2.16. The predicted molar refractivity (Wildman–Crippen MR) is 71.3 cm³/mol. The van der Waals surface area contributed by atoms with Crippen molar-refractivity contribution in [3.8, 4) is 6.07 Å². The van der Waals surface area contributed by atoms with Crippen molar-refractivity contribution in [1.82, 2.24) is 0 Å². The molecule has 0 heterocycles. The Morgan fingerprint density at radius 3 is 2.47 bits per heavy atom. The van der Waals surface area contributed by atoms with Crippen LogP contribution in [-0.2, 0) is 5.88 Å². The van der Waals surface area contributed by atoms with Crippen molar-refractivity contribution in [1.29, 1.82) is 5.26 Å². The van der Waals surface area contributed by atoms with Crippen molar-refractivity contribution in [2.24, 2.45) is 0 Å². The highest BCUT2D eigenvalue weighted by atomic mass is 35.5. The fourth-order valence-corrected chi connectivity index (χ4v) is 2.47. The van der Waals surface area contributed by atoms with Gasteiger partial charge < -0.3 is 0 Å². The molecule has 0 saturated carbocycles. The van der Waals surface area contributed by atoms with E-state index in [1.807, 2.05) is 42.5 Å². The topological polar surface area (TPSA) is 23.8 Å². The van der Waals surface area contributed by atoms with Crippen LogP contribution >= 0.6 is 23.4 Å². The molecular weight excluding hydrogens is 250 g/mol. The maximum absolute atomic E-state index is 8.82. The third kappa shape index (κ3) is 3.26. The summed E-state index contributed by atoms with van der Waals surface area (Å²) in [5, 5.41) is 8.82. The van der Waals surface area contributed by atoms with Gasteiger partial charge in [0.05, 0.1) is 11.6 Å². The highest BCUT2D eigenvalue weighted by molar-refractivity contribution is 7.99. The van der Waals surface area contributed by atoms with Gasteiger partial charge in [-0.15, -0.1) is 11.6 Å². The highest BCUT2D eigenvalue weighted by Gasteiger charge is 1.99. The average molecular weight is 260 g/mol. The van der Waals surface area contributed by atoms with E-state index in [1.54, 1.807) is 17.8 Å². The van der Waals surface area contributed by atoms with Crippen LogP contribution in [0.5, 0.6) is 0 Å². The summed E-state index contributed by atoms with van der Waals surface area (Å²) in [7, 11) is 0. The first-order valence-corrected chi connectivity index (χ1v) is 6.50. The highest BCUT2D eigenvalue weighted by Crippen LogP contribution is 2.28. The lowest BCUT2D eigenvalue weighted by atomic mass is 10.2. The second-order valence-electron chi connectivity index (χ2n) is 3.52. The van der Waals surface area contributed by atoms with E-state index in [1.165, 1.54) is 0 Å². The minimum absolute atomic E-state index is 0.537. The first-order valence-electron chi connectivity index (χ1n) is 5.15. The van der Waals surface area contributed by atoms with Crippen molar-refractivity contribution in [2.45, 2.75) is 15.7 Å². The summed E-state index contributed by atoms with van der Waals surface area (Å²) < 4.78 is 0. The molecule has 0 aliphatic rings. The van der Waals surface area contributed by atoms with Gasteiger partial charge in [0, 0.05) is 15.7 Å². The quantitative estimate of drug-likeness (QED) is 0.761. The lowest BCUT2D eigenvalue weighted by Crippen LogP contribution is -1.79. The van der Waals surface area contributed by atoms with Crippen LogP contribution in [0.4, 0.5) is 0 Å². The van der Waals surface area contributed by atoms with Gasteiger partial charge in [0.25, 0.3) is 0 Å². The molecule has 84 valence electrons. The third-order valence-corrected chi connectivity index (χ3v) is 3.58. The molecule has 0 saturated heterocycles. The number of hydrogen-bond donors (Lipinski definition) is 0. The molecule has 2 aromatic carbocycles. The molecule has 0 N–H and O–H groups in total. The van der Waals surface area contributed by atoms with Crippen LogP contribution in [0.1, 0.15) is 11.1 Å². The van der Waals surface area contributed by atoms with E-state index in [4.69, 9.17) is 16.9 Å². The number of nitriles is 1. The Labute approximate surface area is 110 Å². The van der Waals surface area contributed by atoms with Gasteiger partial charge in [0.1, 0.15) is 0 Å². The van der Waals surface area contributed by atoms with Gasteiger partial charge in [0.2, 0.25) is 0 Å². The molecule has 0 aliphatic carbocycles. The first-order chi connectivity index (χ1) is 8.31. The molecule has 2 aromatic rings. The molecule has 0 bridgehead atoms. The van der Waals surface area contributed by atoms with E-state index >= 15 is 0 Å². The SMILES string of the molecule is N#Cc1cccc(Sc2ccc(CCl)cc2)c1. The van der Waals surface area contributed by atoms with E-state index < -0.39 is 0 Å². The van der Waals surface area contributed by atoms with Crippen molar-refractivity contribution in [3.63, 3.8) is 0 Å². The summed E-state index contributed by atoms with van der Waals surface area (Å²) >= 11 is 7.38. The molecule has 17 heavy (non-hydrogen) atoms. The largest absolute Gasteiger partial charge is 0.192 e. The van der Waals surface area contributed by atoms with E-state index in [2.05, 4.69) is 6.07 Å². The maximum Gasteiger partial charge on any atom is 0.0992 e. The minimum Gasteiger partial charge on any atom is -0.192 e. The smallest absolute Gasteiger partial charge is 0.0992 e. The Bertz CT molecular complexity index is 543. The molecule has 0 fully saturated rings. The van der Waals surface area contributed by atoms with Crippen molar-refractivity contribution < 1.29 is 0 Å². The molecule has 0 amide bonds. The van der Waals surface area contributed by atoms with E-state index in [9.17, 15) is 0 Å². The number of halogens is 1. The lowest BCUT2D eigenvalue weighted by molar-refractivity contribution is 1.33. The normalized spacial score (nSPS) is 9.88. The Hall–Kier alpha value is -1.43. The number of hydrogen-bond acceptors (Lipinski definition) is 2. The van der Waals surface area contributed by atoms with Gasteiger partial charge in [0.15, 0.2) is 0 Å². The van der Waals surface area contributed by atoms with Gasteiger partial charge in [-0.1, -0.05) is 30.0 Å². The maximum atomic E-state index is 8.82. The molecule has 0 atom stereocenters. The van der Waals surface area contributed by atoms with Crippen molar-refractivity contribution >= 4 is 23.4 Å². The molecule has 0 spiro atoms. The van der Waals surface area contributed by atoms with Crippen LogP contribution in [0.25, 0.3) is 0 Å². The average Bonchev–Trinajstić information content (AvgIpc) is 2.40. The number of nitrogens with zero attached hydrogens (tertiary/aromatic N) is 1. The van der Waals surface area contributed by atoms with Gasteiger partial charge in [-0.25, -0.2) is 0 Å². The number of alkyl halides is 1. The van der Waals surface area contributed by atoms with Crippen LogP contribution in [0.15, 0.2) is 58.3 Å². The van der Waals surface area contributed by atoms with Gasteiger partial charge in [-0.05, 0) is 35.9 Å². The minimum atomic E-state index is 0.537. The zero-order valence-corrected chi connectivity index (χ0v) is 10.6. The van der Waals surface area contributed by atoms with Crippen LogP contribution in [-0.4, -0.2) is 0 Å². The summed E-state index contributed by atoms with van der Waals surface area (Å²) in [4.78, 5) is 2.22. The molecule has 0 aromatic heterocycles. The Kier molecular flexibility index (Phi) is 4.08. The molecule has 1 nitrogen and oxygen atoms in total. The first kappa shape index (κ1) is 12.0. The van der Waals surface area contributed by atoms with Crippen LogP contribution in [0.2, 0.25) is 0 Å². The summed E-state index contributed by atoms with van der Waals surface area (Å²) in [6.45, 7) is 0. The van der Waals surface area contributed by atoms with Gasteiger partial charge in [-0.2, -0.15) is 5.26 Å². The monoisotopic (exact) mass is 259 g/mol. The summed E-state index contributed by atoms with van der Waals surface area (Å²) in [5.74, 6) is 0.537. The molecule has 0 radical (unpaired) electrons. The second kappa shape index (κ2) is 5.77. The molecule has 0 aliphatic heterocycles. The van der Waals surface area contributed by atoms with Crippen LogP contribution < -0.4 is 0 Å². The fourth-order valence-electron chi connectivity index (χ4n) is 1.41. The van der Waals surface area contributed by atoms with E-state index in [0.717, 1.165) is 15.4 Å². The molecule has 3 heteroatoms. The summed E-state index contributed by atoms with van der Waals surface area (Å²) in [6.07, 6.45) is 0. The van der Waals surface area contributed by atoms with Crippen molar-refractivity contribution in [2.75, 3.05) is 0 Å². The third-order valence-electron chi connectivity index (χ3n) is 2.28. The van der Waals surface area contributed by atoms with Gasteiger partial charge in [-0.3, -0.25) is 0 Å². The number of rotatable bonds is 3. The zero-order valence-electron chi connectivity index (χ0n) is 9.06. The van der Waals surface area contributed by atoms with Crippen LogP contribution in [0.3, 0.4) is 0 Å². The summed E-state index contributed by atoms with van der Waals surface area (Å²) in [6, 6.07) is 17.9. The second-order valence-corrected chi connectivity index (χ2v) is 4.93. The van der Waals surface area contributed by atoms with Crippen molar-refractivity contribution in [3.05, 3.63) is 59.7 Å². The van der Waals surface area contributed by atoms with E-state index in [0.29, 0.717) is 11.4 Å².